The van der Waals surface area contributed by atoms with Crippen LogP contribution in [-0.4, -0.2) is 22.4 Å². The molecule has 3 rings (SSSR count). The van der Waals surface area contributed by atoms with Gasteiger partial charge in [0.2, 0.25) is 0 Å². The van der Waals surface area contributed by atoms with Gasteiger partial charge in [-0.2, -0.15) is 0 Å². The Kier molecular flexibility index (Phi) is 4.08. The normalized spacial score (nSPS) is 28.3. The highest BCUT2D eigenvalue weighted by Crippen LogP contribution is 2.38. The molecule has 118 valence electrons. The molecule has 22 heavy (non-hydrogen) atoms. The van der Waals surface area contributed by atoms with Crippen LogP contribution in [-0.2, 0) is 11.3 Å². The highest BCUT2D eigenvalue weighted by Gasteiger charge is 2.54. The Morgan fingerprint density at radius 1 is 1.27 bits per heavy atom. The minimum absolute atomic E-state index is 0.115. The highest BCUT2D eigenvalue weighted by atomic mass is 35.5. The Labute approximate surface area is 139 Å². The summed E-state index contributed by atoms with van der Waals surface area (Å²) in [5.41, 5.74) is 0.0735. The third-order valence-corrected chi connectivity index (χ3v) is 5.57. The maximum absolute atomic E-state index is 12.8. The number of carbonyl (C=O) groups is 2. The van der Waals surface area contributed by atoms with E-state index in [1.165, 1.54) is 4.90 Å². The Morgan fingerprint density at radius 3 is 2.73 bits per heavy atom. The van der Waals surface area contributed by atoms with E-state index in [0.29, 0.717) is 10.0 Å². The van der Waals surface area contributed by atoms with Crippen molar-refractivity contribution in [1.82, 2.24) is 10.2 Å². The van der Waals surface area contributed by atoms with E-state index in [1.807, 2.05) is 6.92 Å². The molecule has 1 saturated heterocycles. The van der Waals surface area contributed by atoms with Crippen LogP contribution < -0.4 is 5.32 Å². The average Bonchev–Trinajstić information content (AvgIpc) is 2.71. The van der Waals surface area contributed by atoms with E-state index in [0.717, 1.165) is 31.2 Å². The summed E-state index contributed by atoms with van der Waals surface area (Å²) in [6.07, 6.45) is 3.76. The van der Waals surface area contributed by atoms with Crippen LogP contribution in [0.3, 0.4) is 0 Å². The second-order valence-corrected chi connectivity index (χ2v) is 7.00. The number of nitrogens with zero attached hydrogens (tertiary/aromatic N) is 1. The average molecular weight is 341 g/mol. The molecular formula is C16H18Cl2N2O2. The lowest BCUT2D eigenvalue weighted by Gasteiger charge is -2.36. The summed E-state index contributed by atoms with van der Waals surface area (Å²) < 4.78 is 0. The molecule has 0 bridgehead atoms. The lowest BCUT2D eigenvalue weighted by atomic mass is 9.73. The van der Waals surface area contributed by atoms with E-state index >= 15 is 0 Å². The van der Waals surface area contributed by atoms with Crippen molar-refractivity contribution in [2.24, 2.45) is 5.92 Å². The first kappa shape index (κ1) is 15.6. The molecule has 1 aromatic rings. The number of benzene rings is 1. The molecule has 1 saturated carbocycles. The standard InChI is InChI=1S/C16H18Cl2N2O2/c1-10-4-2-3-7-16(10)14(21)20(15(22)19-16)9-11-5-6-12(17)13(18)8-11/h5-6,8,10H,2-4,7,9H2,1H3,(H,19,22)/t10-,16-/m1/s1. The molecule has 0 radical (unpaired) electrons. The van der Waals surface area contributed by atoms with Gasteiger partial charge in [-0.1, -0.05) is 49.0 Å². The second-order valence-electron chi connectivity index (χ2n) is 6.19. The zero-order chi connectivity index (χ0) is 15.9. The molecule has 1 aliphatic carbocycles. The van der Waals surface area contributed by atoms with Gasteiger partial charge in [0.1, 0.15) is 5.54 Å². The van der Waals surface area contributed by atoms with Gasteiger partial charge in [-0.15, -0.1) is 0 Å². The van der Waals surface area contributed by atoms with Crippen molar-refractivity contribution in [3.8, 4) is 0 Å². The Hall–Kier alpha value is -1.26. The van der Waals surface area contributed by atoms with Crippen LogP contribution in [0, 0.1) is 5.92 Å². The minimum atomic E-state index is -0.717. The van der Waals surface area contributed by atoms with E-state index in [2.05, 4.69) is 5.32 Å². The molecule has 0 aromatic heterocycles. The quantitative estimate of drug-likeness (QED) is 0.827. The van der Waals surface area contributed by atoms with Crippen molar-refractivity contribution in [3.05, 3.63) is 33.8 Å². The molecule has 3 amide bonds. The van der Waals surface area contributed by atoms with Crippen molar-refractivity contribution in [3.63, 3.8) is 0 Å². The number of carbonyl (C=O) groups excluding carboxylic acids is 2. The van der Waals surface area contributed by atoms with Crippen molar-refractivity contribution in [2.75, 3.05) is 0 Å². The summed E-state index contributed by atoms with van der Waals surface area (Å²) in [5, 5.41) is 3.82. The summed E-state index contributed by atoms with van der Waals surface area (Å²) in [6, 6.07) is 4.84. The summed E-state index contributed by atoms with van der Waals surface area (Å²) in [7, 11) is 0. The predicted octanol–water partition coefficient (Wildman–Crippen LogP) is 3.99. The lowest BCUT2D eigenvalue weighted by Crippen LogP contribution is -2.53. The van der Waals surface area contributed by atoms with Crippen molar-refractivity contribution >= 4 is 35.1 Å². The van der Waals surface area contributed by atoms with Gasteiger partial charge in [0.05, 0.1) is 16.6 Å². The van der Waals surface area contributed by atoms with Crippen molar-refractivity contribution in [1.29, 1.82) is 0 Å². The number of nitrogens with one attached hydrogen (secondary N) is 1. The summed E-state index contributed by atoms with van der Waals surface area (Å²) in [5.74, 6) is 0.0484. The van der Waals surface area contributed by atoms with Gasteiger partial charge in [0, 0.05) is 0 Å². The minimum Gasteiger partial charge on any atom is -0.323 e. The van der Waals surface area contributed by atoms with Gasteiger partial charge >= 0.3 is 6.03 Å². The highest BCUT2D eigenvalue weighted by molar-refractivity contribution is 6.42. The molecule has 1 spiro atoms. The van der Waals surface area contributed by atoms with Crippen LogP contribution >= 0.6 is 23.2 Å². The van der Waals surface area contributed by atoms with Crippen LogP contribution in [0.2, 0.25) is 10.0 Å². The van der Waals surface area contributed by atoms with Gasteiger partial charge in [0.25, 0.3) is 5.91 Å². The van der Waals surface area contributed by atoms with Gasteiger partial charge in [-0.25, -0.2) is 4.79 Å². The van der Waals surface area contributed by atoms with Gasteiger partial charge < -0.3 is 5.32 Å². The molecule has 2 atom stereocenters. The summed E-state index contributed by atoms with van der Waals surface area (Å²) >= 11 is 11.9. The van der Waals surface area contributed by atoms with Crippen LogP contribution in [0.25, 0.3) is 0 Å². The molecule has 6 heteroatoms. The first-order chi connectivity index (χ1) is 10.4. The largest absolute Gasteiger partial charge is 0.325 e. The molecule has 2 aliphatic rings. The van der Waals surface area contributed by atoms with E-state index in [-0.39, 0.29) is 24.4 Å². The molecule has 0 unspecified atom stereocenters. The van der Waals surface area contributed by atoms with E-state index in [1.54, 1.807) is 18.2 Å². The topological polar surface area (TPSA) is 49.4 Å². The van der Waals surface area contributed by atoms with Crippen molar-refractivity contribution < 1.29 is 9.59 Å². The van der Waals surface area contributed by atoms with Crippen molar-refractivity contribution in [2.45, 2.75) is 44.7 Å². The van der Waals surface area contributed by atoms with Crippen LogP contribution in [0.5, 0.6) is 0 Å². The fraction of sp³-hybridized carbons (Fsp3) is 0.500. The Morgan fingerprint density at radius 2 is 2.05 bits per heavy atom. The summed E-state index contributed by atoms with van der Waals surface area (Å²) in [6.45, 7) is 2.26. The number of hydrogen-bond donors (Lipinski definition) is 1. The van der Waals surface area contributed by atoms with E-state index in [4.69, 9.17) is 23.2 Å². The van der Waals surface area contributed by atoms with Gasteiger partial charge in [-0.05, 0) is 36.5 Å². The zero-order valence-electron chi connectivity index (χ0n) is 12.4. The fourth-order valence-corrected chi connectivity index (χ4v) is 3.78. The van der Waals surface area contributed by atoms with Gasteiger partial charge in [-0.3, -0.25) is 9.69 Å². The maximum Gasteiger partial charge on any atom is 0.325 e. The Balaban J connectivity index is 1.84. The number of rotatable bonds is 2. The molecule has 1 heterocycles. The number of urea groups is 1. The number of hydrogen-bond acceptors (Lipinski definition) is 2. The second kappa shape index (κ2) is 5.74. The molecule has 2 fully saturated rings. The summed E-state index contributed by atoms with van der Waals surface area (Å²) in [4.78, 5) is 26.4. The van der Waals surface area contributed by atoms with Crippen LogP contribution in [0.4, 0.5) is 4.79 Å². The molecular weight excluding hydrogens is 323 g/mol. The molecule has 1 N–H and O–H groups in total. The third-order valence-electron chi connectivity index (χ3n) is 4.83. The number of amides is 3. The Bertz CT molecular complexity index is 635. The SMILES string of the molecule is C[C@@H]1CCCC[C@@]12NC(=O)N(Cc1ccc(Cl)c(Cl)c1)C2=O. The predicted molar refractivity (Wildman–Crippen MR) is 85.9 cm³/mol. The zero-order valence-corrected chi connectivity index (χ0v) is 13.9. The first-order valence-electron chi connectivity index (χ1n) is 7.52. The van der Waals surface area contributed by atoms with Gasteiger partial charge in [0.15, 0.2) is 0 Å². The van der Waals surface area contributed by atoms with Crippen LogP contribution in [0.15, 0.2) is 18.2 Å². The maximum atomic E-state index is 12.8. The lowest BCUT2D eigenvalue weighted by molar-refractivity contribution is -0.134. The van der Waals surface area contributed by atoms with Crippen LogP contribution in [0.1, 0.15) is 38.2 Å². The van der Waals surface area contributed by atoms with E-state index < -0.39 is 5.54 Å². The first-order valence-corrected chi connectivity index (χ1v) is 8.27. The third kappa shape index (κ3) is 2.48. The molecule has 1 aliphatic heterocycles. The molecule has 1 aromatic carbocycles. The molecule has 4 nitrogen and oxygen atoms in total. The smallest absolute Gasteiger partial charge is 0.323 e. The number of halogens is 2. The monoisotopic (exact) mass is 340 g/mol. The fourth-order valence-electron chi connectivity index (χ4n) is 3.46. The van der Waals surface area contributed by atoms with E-state index in [9.17, 15) is 9.59 Å². The number of imide groups is 1.